The zero-order valence-corrected chi connectivity index (χ0v) is 16.0. The monoisotopic (exact) mass is 373 g/mol. The van der Waals surface area contributed by atoms with Crippen LogP contribution in [0.1, 0.15) is 26.8 Å². The Bertz CT molecular complexity index is 916. The van der Waals surface area contributed by atoms with Crippen molar-refractivity contribution < 1.29 is 14.6 Å². The van der Waals surface area contributed by atoms with Crippen LogP contribution in [0.5, 0.6) is 5.75 Å². The third-order valence-corrected chi connectivity index (χ3v) is 5.56. The summed E-state index contributed by atoms with van der Waals surface area (Å²) in [7, 11) is 1.72. The highest BCUT2D eigenvalue weighted by atomic mass is 32.1. The summed E-state index contributed by atoms with van der Waals surface area (Å²) in [5, 5.41) is 9.34. The number of rotatable bonds is 3. The van der Waals surface area contributed by atoms with Gasteiger partial charge in [0.1, 0.15) is 5.75 Å². The third kappa shape index (κ3) is 3.73. The predicted octanol–water partition coefficient (Wildman–Crippen LogP) is 3.51. The van der Waals surface area contributed by atoms with Gasteiger partial charge in [-0.25, -0.2) is 4.98 Å². The van der Waals surface area contributed by atoms with E-state index in [9.17, 15) is 0 Å². The van der Waals surface area contributed by atoms with Gasteiger partial charge in [0.25, 0.3) is 6.47 Å². The number of benzene rings is 1. The number of aromatic nitrogens is 2. The molecule has 1 aliphatic heterocycles. The lowest BCUT2D eigenvalue weighted by atomic mass is 10.0. The average Bonchev–Trinajstić information content (AvgIpc) is 3.14. The Morgan fingerprint density at radius 2 is 2.19 bits per heavy atom. The van der Waals surface area contributed by atoms with Crippen molar-refractivity contribution in [2.75, 3.05) is 13.7 Å². The number of ether oxygens (including phenoxy) is 1. The van der Waals surface area contributed by atoms with Crippen molar-refractivity contribution in [2.24, 2.45) is 0 Å². The summed E-state index contributed by atoms with van der Waals surface area (Å²) in [4.78, 5) is 20.5. The minimum Gasteiger partial charge on any atom is -0.497 e. The van der Waals surface area contributed by atoms with E-state index in [4.69, 9.17) is 14.6 Å². The van der Waals surface area contributed by atoms with Gasteiger partial charge in [-0.2, -0.15) is 0 Å². The molecular formula is C19H23N3O3S. The van der Waals surface area contributed by atoms with Crippen molar-refractivity contribution in [3.05, 3.63) is 45.0 Å². The van der Waals surface area contributed by atoms with E-state index in [1.165, 1.54) is 32.7 Å². The maximum absolute atomic E-state index is 8.36. The molecule has 1 aliphatic rings. The smallest absolute Gasteiger partial charge is 0.290 e. The van der Waals surface area contributed by atoms with Crippen LogP contribution in [0.3, 0.4) is 0 Å². The number of hydrogen-bond donors (Lipinski definition) is 2. The molecule has 0 radical (unpaired) electrons. The van der Waals surface area contributed by atoms with Crippen LogP contribution in [-0.2, 0) is 24.3 Å². The quantitative estimate of drug-likeness (QED) is 0.687. The first-order chi connectivity index (χ1) is 12.5. The lowest BCUT2D eigenvalue weighted by Crippen LogP contribution is -2.30. The molecule has 0 aliphatic carbocycles. The van der Waals surface area contributed by atoms with Crippen molar-refractivity contribution in [3.63, 3.8) is 0 Å². The van der Waals surface area contributed by atoms with Crippen LogP contribution in [0.25, 0.3) is 10.9 Å². The fraction of sp³-hybridized carbons (Fsp3) is 0.368. The Hall–Kier alpha value is -2.38. The molecule has 4 rings (SSSR count). The summed E-state index contributed by atoms with van der Waals surface area (Å²) in [6.07, 6.45) is 1.06. The standard InChI is InChI=1S/C18H21N3OS.CH2O2/c1-11-18(19-12(2)23-11)10-21-7-6-17-15(9-21)14-8-13(22-3)4-5-16(14)20-17;2-1-3/h4-5,8,20H,6-7,9-10H2,1-3H3;1H,(H,2,3). The van der Waals surface area contributed by atoms with Crippen molar-refractivity contribution in [2.45, 2.75) is 33.4 Å². The molecule has 0 amide bonds. The van der Waals surface area contributed by atoms with Crippen LogP contribution in [0, 0.1) is 13.8 Å². The second kappa shape index (κ2) is 7.88. The number of nitrogens with zero attached hydrogens (tertiary/aromatic N) is 2. The highest BCUT2D eigenvalue weighted by molar-refractivity contribution is 7.11. The summed E-state index contributed by atoms with van der Waals surface area (Å²) >= 11 is 1.79. The Morgan fingerprint density at radius 1 is 1.42 bits per heavy atom. The van der Waals surface area contributed by atoms with Crippen LogP contribution in [0.4, 0.5) is 0 Å². The van der Waals surface area contributed by atoms with Gasteiger partial charge in [-0.05, 0) is 37.6 Å². The minimum absolute atomic E-state index is 0.250. The number of carboxylic acid groups (broad SMARTS) is 1. The van der Waals surface area contributed by atoms with E-state index in [2.05, 4.69) is 40.8 Å². The van der Waals surface area contributed by atoms with E-state index in [1.54, 1.807) is 18.4 Å². The van der Waals surface area contributed by atoms with Crippen LogP contribution in [0.15, 0.2) is 18.2 Å². The zero-order valence-electron chi connectivity index (χ0n) is 15.2. The molecule has 3 aromatic rings. The lowest BCUT2D eigenvalue weighted by Gasteiger charge is -2.26. The number of carbonyl (C=O) groups is 1. The molecule has 0 saturated heterocycles. The highest BCUT2D eigenvalue weighted by Crippen LogP contribution is 2.31. The maximum atomic E-state index is 8.36. The number of H-pyrrole nitrogens is 1. The molecule has 0 fully saturated rings. The molecular weight excluding hydrogens is 350 g/mol. The van der Waals surface area contributed by atoms with Gasteiger partial charge in [0, 0.05) is 47.5 Å². The predicted molar refractivity (Wildman–Crippen MR) is 103 cm³/mol. The van der Waals surface area contributed by atoms with Gasteiger partial charge in [-0.3, -0.25) is 9.69 Å². The van der Waals surface area contributed by atoms with Gasteiger partial charge in [0.2, 0.25) is 0 Å². The largest absolute Gasteiger partial charge is 0.497 e. The summed E-state index contributed by atoms with van der Waals surface area (Å²) in [5.74, 6) is 0.919. The summed E-state index contributed by atoms with van der Waals surface area (Å²) in [6.45, 7) is 6.99. The van der Waals surface area contributed by atoms with E-state index in [0.717, 1.165) is 36.8 Å². The Labute approximate surface area is 156 Å². The molecule has 0 spiro atoms. The number of methoxy groups -OCH3 is 1. The fourth-order valence-electron chi connectivity index (χ4n) is 3.44. The van der Waals surface area contributed by atoms with Gasteiger partial charge in [-0.1, -0.05) is 0 Å². The Balaban J connectivity index is 0.000000613. The normalized spacial score (nSPS) is 13.8. The first-order valence-electron chi connectivity index (χ1n) is 8.46. The molecule has 7 heteroatoms. The SMILES string of the molecule is COc1ccc2[nH]c3c(c2c1)CN(Cc1nc(C)sc1C)CC3.O=CO. The first kappa shape index (κ1) is 18.4. The molecule has 2 aromatic heterocycles. The second-order valence-electron chi connectivity index (χ2n) is 6.30. The highest BCUT2D eigenvalue weighted by Gasteiger charge is 2.22. The van der Waals surface area contributed by atoms with Gasteiger partial charge < -0.3 is 14.8 Å². The summed E-state index contributed by atoms with van der Waals surface area (Å²) in [5.41, 5.74) is 5.22. The van der Waals surface area contributed by atoms with Gasteiger partial charge in [0.15, 0.2) is 0 Å². The van der Waals surface area contributed by atoms with Crippen molar-refractivity contribution in [3.8, 4) is 5.75 Å². The molecule has 6 nitrogen and oxygen atoms in total. The average molecular weight is 373 g/mol. The minimum atomic E-state index is -0.250. The third-order valence-electron chi connectivity index (χ3n) is 4.63. The van der Waals surface area contributed by atoms with E-state index >= 15 is 0 Å². The van der Waals surface area contributed by atoms with E-state index in [-0.39, 0.29) is 6.47 Å². The second-order valence-corrected chi connectivity index (χ2v) is 7.70. The molecule has 2 N–H and O–H groups in total. The van der Waals surface area contributed by atoms with E-state index in [1.807, 2.05) is 6.07 Å². The lowest BCUT2D eigenvalue weighted by molar-refractivity contribution is -0.122. The van der Waals surface area contributed by atoms with Crippen molar-refractivity contribution in [1.29, 1.82) is 0 Å². The molecule has 26 heavy (non-hydrogen) atoms. The molecule has 138 valence electrons. The molecule has 0 atom stereocenters. The van der Waals surface area contributed by atoms with E-state index < -0.39 is 0 Å². The number of aromatic amines is 1. The number of nitrogens with one attached hydrogen (secondary N) is 1. The number of hydrogen-bond acceptors (Lipinski definition) is 5. The maximum Gasteiger partial charge on any atom is 0.290 e. The van der Waals surface area contributed by atoms with Crippen LogP contribution in [0.2, 0.25) is 0 Å². The van der Waals surface area contributed by atoms with Gasteiger partial charge in [-0.15, -0.1) is 11.3 Å². The summed E-state index contributed by atoms with van der Waals surface area (Å²) in [6, 6.07) is 6.28. The topological polar surface area (TPSA) is 78.5 Å². The summed E-state index contributed by atoms with van der Waals surface area (Å²) < 4.78 is 5.39. The Morgan fingerprint density at radius 3 is 2.85 bits per heavy atom. The number of fused-ring (bicyclic) bond motifs is 3. The zero-order chi connectivity index (χ0) is 18.7. The van der Waals surface area contributed by atoms with Crippen LogP contribution < -0.4 is 4.74 Å². The molecule has 1 aromatic carbocycles. The first-order valence-corrected chi connectivity index (χ1v) is 9.28. The van der Waals surface area contributed by atoms with Crippen LogP contribution in [-0.4, -0.2) is 40.1 Å². The number of thiazole rings is 1. The molecule has 0 bridgehead atoms. The number of aryl methyl sites for hydroxylation is 2. The Kier molecular flexibility index (Phi) is 5.58. The van der Waals surface area contributed by atoms with Crippen molar-refractivity contribution in [1.82, 2.24) is 14.9 Å². The van der Waals surface area contributed by atoms with Crippen LogP contribution >= 0.6 is 11.3 Å². The fourth-order valence-corrected chi connectivity index (χ4v) is 4.27. The van der Waals surface area contributed by atoms with Gasteiger partial charge >= 0.3 is 0 Å². The molecule has 3 heterocycles. The molecule has 0 saturated carbocycles. The van der Waals surface area contributed by atoms with Crippen molar-refractivity contribution >= 4 is 28.7 Å². The molecule has 0 unspecified atom stereocenters. The van der Waals surface area contributed by atoms with E-state index in [0.29, 0.717) is 0 Å². The van der Waals surface area contributed by atoms with Gasteiger partial charge in [0.05, 0.1) is 17.8 Å².